The first-order chi connectivity index (χ1) is 20.4. The molecule has 0 unspecified atom stereocenters. The Kier molecular flexibility index (Phi) is 8.03. The molecule has 1 saturated heterocycles. The molecule has 0 aromatic heterocycles. The van der Waals surface area contributed by atoms with E-state index in [0.29, 0.717) is 36.1 Å². The average molecular weight is 621 g/mol. The van der Waals surface area contributed by atoms with Crippen molar-refractivity contribution in [2.45, 2.75) is 83.0 Å². The Balaban J connectivity index is 1.11. The molecule has 4 aliphatic rings. The molecule has 3 fully saturated rings. The molecule has 2 aromatic carbocycles. The van der Waals surface area contributed by atoms with E-state index in [1.807, 2.05) is 0 Å². The number of carbonyl (C=O) groups excluding carboxylic acids is 1. The molecule has 2 aromatic rings. The predicted octanol–water partition coefficient (Wildman–Crippen LogP) is 7.55. The summed E-state index contributed by atoms with van der Waals surface area (Å²) in [6, 6.07) is 6.91. The highest BCUT2D eigenvalue weighted by Crippen LogP contribution is 2.55. The number of rotatable bonds is 5. The fraction of sp³-hybridized carbons (Fsp3) is 0.576. The molecule has 2 atom stereocenters. The summed E-state index contributed by atoms with van der Waals surface area (Å²) < 4.78 is 54.4. The molecule has 1 N–H and O–H groups in total. The van der Waals surface area contributed by atoms with E-state index < -0.39 is 28.9 Å². The fourth-order valence-corrected chi connectivity index (χ4v) is 8.49. The molecule has 6 rings (SSSR count). The van der Waals surface area contributed by atoms with Crippen LogP contribution in [0.3, 0.4) is 0 Å². The van der Waals surface area contributed by atoms with E-state index in [1.54, 1.807) is 11.0 Å². The minimum Gasteiger partial charge on any atom is -0.478 e. The van der Waals surface area contributed by atoms with Gasteiger partial charge in [-0.2, -0.15) is 13.2 Å². The van der Waals surface area contributed by atoms with E-state index in [-0.39, 0.29) is 34.9 Å². The van der Waals surface area contributed by atoms with Crippen LogP contribution in [0.5, 0.6) is 0 Å². The molecule has 2 heterocycles. The van der Waals surface area contributed by atoms with Crippen LogP contribution in [0.1, 0.15) is 90.4 Å². The van der Waals surface area contributed by atoms with Crippen LogP contribution in [0.25, 0.3) is 0 Å². The third-order valence-electron chi connectivity index (χ3n) is 10.6. The van der Waals surface area contributed by atoms with E-state index >= 15 is 0 Å². The number of amides is 1. The van der Waals surface area contributed by atoms with Gasteiger partial charge in [-0.3, -0.25) is 4.79 Å². The van der Waals surface area contributed by atoms with Crippen LogP contribution in [0, 0.1) is 23.1 Å². The lowest BCUT2D eigenvalue weighted by Gasteiger charge is -2.48. The van der Waals surface area contributed by atoms with Crippen LogP contribution in [0.4, 0.5) is 17.6 Å². The van der Waals surface area contributed by atoms with E-state index in [2.05, 4.69) is 11.8 Å². The number of fused-ring (bicyclic) bond motifs is 1. The number of aromatic carboxylic acids is 1. The molecule has 232 valence electrons. The van der Waals surface area contributed by atoms with Crippen molar-refractivity contribution in [2.75, 3.05) is 19.6 Å². The van der Waals surface area contributed by atoms with Crippen LogP contribution in [-0.2, 0) is 23.9 Å². The summed E-state index contributed by atoms with van der Waals surface area (Å²) in [4.78, 5) is 29.9. The summed E-state index contributed by atoms with van der Waals surface area (Å²) >= 11 is 6.24. The molecule has 2 aliphatic heterocycles. The highest BCUT2D eigenvalue weighted by molar-refractivity contribution is 6.31. The molecular weight excluding hydrogens is 584 g/mol. The zero-order chi connectivity index (χ0) is 30.7. The number of piperidine rings is 1. The second kappa shape index (κ2) is 11.4. The van der Waals surface area contributed by atoms with Gasteiger partial charge in [0.25, 0.3) is 0 Å². The number of carboxylic acids is 1. The number of benzene rings is 2. The van der Waals surface area contributed by atoms with E-state index in [0.717, 1.165) is 75.7 Å². The minimum absolute atomic E-state index is 0.0882. The number of hydrogen-bond donors (Lipinski definition) is 1. The lowest BCUT2D eigenvalue weighted by atomic mass is 9.67. The van der Waals surface area contributed by atoms with Crippen LogP contribution in [0.15, 0.2) is 30.3 Å². The normalized spacial score (nSPS) is 28.4. The monoisotopic (exact) mass is 620 g/mol. The standard InChI is InChI=1S/C33H37ClF4N2O3/c1-19-17-39(12-8-25(19)20-2-5-29(35)27(15-20)30(41)42)24-6-10-32(11-7-24,22-3-4-22)31(43)40-13-9-26-21(18-40)14-23(16-28(26)34)33(36,37)38/h2,5,14-16,19,22,24-25H,3-4,6-13,17-18H2,1H3,(H,41,42)/t19-,24?,25-,32?/m0/s1. The van der Waals surface area contributed by atoms with Crippen molar-refractivity contribution in [3.8, 4) is 0 Å². The molecule has 0 radical (unpaired) electrons. The summed E-state index contributed by atoms with van der Waals surface area (Å²) in [5, 5.41) is 9.47. The second-order valence-electron chi connectivity index (χ2n) is 13.1. The summed E-state index contributed by atoms with van der Waals surface area (Å²) in [5.74, 6) is -1.15. The van der Waals surface area contributed by atoms with Gasteiger partial charge in [-0.05, 0) is 117 Å². The molecule has 1 amide bonds. The van der Waals surface area contributed by atoms with E-state index in [9.17, 15) is 32.3 Å². The molecule has 10 heteroatoms. The summed E-state index contributed by atoms with van der Waals surface area (Å²) in [6.07, 6.45) is 2.20. The number of alkyl halides is 3. The van der Waals surface area contributed by atoms with Crippen LogP contribution < -0.4 is 0 Å². The first-order valence-electron chi connectivity index (χ1n) is 15.3. The Morgan fingerprint density at radius 2 is 1.74 bits per heavy atom. The van der Waals surface area contributed by atoms with Crippen molar-refractivity contribution in [3.05, 3.63) is 69.0 Å². The van der Waals surface area contributed by atoms with Gasteiger partial charge in [0.05, 0.1) is 16.5 Å². The SMILES string of the molecule is C[C@H]1CN(C2CCC(C(=O)N3CCc4c(Cl)cc(C(F)(F)F)cc4C3)(C3CC3)CC2)CC[C@@H]1c1ccc(F)c(C(=O)O)c1. The molecule has 5 nitrogen and oxygen atoms in total. The second-order valence-corrected chi connectivity index (χ2v) is 13.6. The van der Waals surface area contributed by atoms with Crippen LogP contribution >= 0.6 is 11.6 Å². The quantitative estimate of drug-likeness (QED) is 0.351. The van der Waals surface area contributed by atoms with Crippen molar-refractivity contribution >= 4 is 23.5 Å². The third-order valence-corrected chi connectivity index (χ3v) is 11.0. The number of likely N-dealkylation sites (tertiary alicyclic amines) is 1. The van der Waals surface area contributed by atoms with E-state index in [4.69, 9.17) is 11.6 Å². The third kappa shape index (κ3) is 5.79. The summed E-state index contributed by atoms with van der Waals surface area (Å²) in [5.41, 5.74) is 0.543. The van der Waals surface area contributed by atoms with E-state index in [1.165, 1.54) is 12.1 Å². The first kappa shape index (κ1) is 30.4. The predicted molar refractivity (Wildman–Crippen MR) is 154 cm³/mol. The zero-order valence-electron chi connectivity index (χ0n) is 24.2. The minimum atomic E-state index is -4.50. The van der Waals surface area contributed by atoms with Gasteiger partial charge in [-0.25, -0.2) is 9.18 Å². The Bertz CT molecular complexity index is 1420. The molecule has 0 spiro atoms. The van der Waals surface area contributed by atoms with Gasteiger partial charge >= 0.3 is 12.1 Å². The number of carboxylic acid groups (broad SMARTS) is 1. The fourth-order valence-electron chi connectivity index (χ4n) is 8.16. The number of halogens is 5. The van der Waals surface area contributed by atoms with Gasteiger partial charge in [0.2, 0.25) is 5.91 Å². The maximum absolute atomic E-state index is 14.2. The maximum atomic E-state index is 14.2. The molecular formula is C33H37ClF4N2O3. The highest BCUT2D eigenvalue weighted by atomic mass is 35.5. The molecule has 2 aliphatic carbocycles. The zero-order valence-corrected chi connectivity index (χ0v) is 25.0. The number of carbonyl (C=O) groups is 2. The highest BCUT2D eigenvalue weighted by Gasteiger charge is 2.54. The number of nitrogens with zero attached hydrogens (tertiary/aromatic N) is 2. The Labute approximate surface area is 254 Å². The lowest BCUT2D eigenvalue weighted by molar-refractivity contribution is -0.148. The topological polar surface area (TPSA) is 60.9 Å². The molecule has 43 heavy (non-hydrogen) atoms. The first-order valence-corrected chi connectivity index (χ1v) is 15.7. The van der Waals surface area contributed by atoms with Gasteiger partial charge in [0.15, 0.2) is 0 Å². The van der Waals surface area contributed by atoms with Gasteiger partial charge in [0, 0.05) is 30.7 Å². The van der Waals surface area contributed by atoms with Crippen molar-refractivity contribution in [1.82, 2.24) is 9.80 Å². The van der Waals surface area contributed by atoms with Gasteiger partial charge < -0.3 is 14.9 Å². The van der Waals surface area contributed by atoms with Crippen molar-refractivity contribution in [2.24, 2.45) is 17.3 Å². The number of hydrogen-bond acceptors (Lipinski definition) is 3. The average Bonchev–Trinajstić information content (AvgIpc) is 3.82. The van der Waals surface area contributed by atoms with Crippen molar-refractivity contribution in [1.29, 1.82) is 0 Å². The molecule has 2 saturated carbocycles. The lowest BCUT2D eigenvalue weighted by Crippen LogP contribution is -2.52. The summed E-state index contributed by atoms with van der Waals surface area (Å²) in [7, 11) is 0. The largest absolute Gasteiger partial charge is 0.478 e. The van der Waals surface area contributed by atoms with Crippen LogP contribution in [-0.4, -0.2) is 52.5 Å². The van der Waals surface area contributed by atoms with Crippen LogP contribution in [0.2, 0.25) is 5.02 Å². The van der Waals surface area contributed by atoms with Gasteiger partial charge in [-0.1, -0.05) is 24.6 Å². The maximum Gasteiger partial charge on any atom is 0.416 e. The van der Waals surface area contributed by atoms with Gasteiger partial charge in [0.1, 0.15) is 5.82 Å². The Morgan fingerprint density at radius 3 is 2.37 bits per heavy atom. The summed E-state index contributed by atoms with van der Waals surface area (Å²) in [6.45, 7) is 4.49. The van der Waals surface area contributed by atoms with Crippen molar-refractivity contribution in [3.63, 3.8) is 0 Å². The molecule has 0 bridgehead atoms. The Morgan fingerprint density at radius 1 is 1.02 bits per heavy atom. The van der Waals surface area contributed by atoms with Crippen molar-refractivity contribution < 1.29 is 32.3 Å². The van der Waals surface area contributed by atoms with Gasteiger partial charge in [-0.15, -0.1) is 0 Å². The smallest absolute Gasteiger partial charge is 0.416 e. The Hall–Kier alpha value is -2.65.